The van der Waals surface area contributed by atoms with Crippen LogP contribution in [-0.4, -0.2) is 29.2 Å². The highest BCUT2D eigenvalue weighted by atomic mass is 16.5. The third-order valence-corrected chi connectivity index (χ3v) is 4.90. The topological polar surface area (TPSA) is 100 Å². The van der Waals surface area contributed by atoms with Crippen molar-refractivity contribution in [2.24, 2.45) is 0 Å². The molecule has 1 heterocycles. The molecule has 0 spiro atoms. The van der Waals surface area contributed by atoms with Gasteiger partial charge in [-0.25, -0.2) is 0 Å². The average molecular weight is 419 g/mol. The molecule has 0 unspecified atom stereocenters. The van der Waals surface area contributed by atoms with Gasteiger partial charge in [0.25, 0.3) is 11.8 Å². The number of rotatable bonds is 7. The van der Waals surface area contributed by atoms with Crippen LogP contribution in [0.15, 0.2) is 54.6 Å². The van der Waals surface area contributed by atoms with Crippen molar-refractivity contribution in [1.82, 2.24) is 15.8 Å². The second-order valence-electron chi connectivity index (χ2n) is 7.24. The Hall–Kier alpha value is -3.87. The third-order valence-electron chi connectivity index (χ3n) is 4.90. The van der Waals surface area contributed by atoms with E-state index >= 15 is 0 Å². The molecule has 31 heavy (non-hydrogen) atoms. The fourth-order valence-electron chi connectivity index (χ4n) is 3.48. The van der Waals surface area contributed by atoms with Gasteiger partial charge in [0, 0.05) is 17.7 Å². The summed E-state index contributed by atoms with van der Waals surface area (Å²) in [5, 5.41) is 0. The molecule has 3 N–H and O–H groups in total. The number of benzene rings is 2. The summed E-state index contributed by atoms with van der Waals surface area (Å²) >= 11 is 0. The van der Waals surface area contributed by atoms with Crippen molar-refractivity contribution in [1.29, 1.82) is 0 Å². The second kappa shape index (κ2) is 9.75. The number of amides is 2. The number of ketones is 1. The highest BCUT2D eigenvalue weighted by Crippen LogP contribution is 2.21. The molecule has 160 valence electrons. The summed E-state index contributed by atoms with van der Waals surface area (Å²) in [7, 11) is 0. The zero-order valence-electron chi connectivity index (χ0n) is 17.7. The molecule has 2 amide bonds. The average Bonchev–Trinajstić information content (AvgIpc) is 3.06. The first-order valence-electron chi connectivity index (χ1n) is 9.90. The van der Waals surface area contributed by atoms with Crippen molar-refractivity contribution in [2.45, 2.75) is 27.2 Å². The number of H-pyrrole nitrogens is 1. The molecular weight excluding hydrogens is 394 g/mol. The molecule has 0 fully saturated rings. The van der Waals surface area contributed by atoms with Gasteiger partial charge in [0.15, 0.2) is 12.4 Å². The summed E-state index contributed by atoms with van der Waals surface area (Å²) in [6.07, 6.45) is 0.680. The summed E-state index contributed by atoms with van der Waals surface area (Å²) in [5.74, 6) is -0.562. The lowest BCUT2D eigenvalue weighted by Gasteiger charge is -2.12. The molecule has 2 aromatic carbocycles. The number of Topliss-reactive ketones (excluding diaryl/α,β-unsaturated/α-hetero) is 1. The maximum atomic E-state index is 12.4. The highest BCUT2D eigenvalue weighted by Gasteiger charge is 2.20. The molecule has 0 radical (unpaired) electrons. The summed E-state index contributed by atoms with van der Waals surface area (Å²) in [6, 6.07) is 17.5. The molecule has 7 nitrogen and oxygen atoms in total. The molecule has 0 saturated carbocycles. The molecule has 0 atom stereocenters. The lowest BCUT2D eigenvalue weighted by Crippen LogP contribution is -2.44. The van der Waals surface area contributed by atoms with Crippen LogP contribution >= 0.6 is 0 Å². The minimum Gasteiger partial charge on any atom is -0.483 e. The Kier molecular flexibility index (Phi) is 6.87. The van der Waals surface area contributed by atoms with Gasteiger partial charge in [-0.3, -0.25) is 25.2 Å². The fraction of sp³-hybridized carbons (Fsp3) is 0.208. The van der Waals surface area contributed by atoms with Crippen molar-refractivity contribution >= 4 is 17.6 Å². The Balaban J connectivity index is 1.56. The van der Waals surface area contributed by atoms with Gasteiger partial charge in [0.2, 0.25) is 0 Å². The van der Waals surface area contributed by atoms with Crippen molar-refractivity contribution in [3.63, 3.8) is 0 Å². The number of carbonyl (C=O) groups excluding carboxylic acids is 3. The number of aromatic amines is 1. The summed E-state index contributed by atoms with van der Waals surface area (Å²) in [4.78, 5) is 39.2. The van der Waals surface area contributed by atoms with Gasteiger partial charge < -0.3 is 9.72 Å². The minimum atomic E-state index is -0.536. The van der Waals surface area contributed by atoms with Gasteiger partial charge in [-0.15, -0.1) is 0 Å². The van der Waals surface area contributed by atoms with Gasteiger partial charge in [-0.05, 0) is 43.5 Å². The number of hydrogen-bond donors (Lipinski definition) is 3. The summed E-state index contributed by atoms with van der Waals surface area (Å²) < 4.78 is 5.67. The van der Waals surface area contributed by atoms with E-state index in [-0.39, 0.29) is 18.1 Å². The lowest BCUT2D eigenvalue weighted by atomic mass is 10.0. The lowest BCUT2D eigenvalue weighted by molar-refractivity contribution is -0.123. The van der Waals surface area contributed by atoms with Gasteiger partial charge in [0.1, 0.15) is 11.4 Å². The van der Waals surface area contributed by atoms with Gasteiger partial charge in [-0.1, -0.05) is 48.5 Å². The molecule has 0 aliphatic heterocycles. The van der Waals surface area contributed by atoms with Crippen molar-refractivity contribution in [2.75, 3.05) is 6.61 Å². The number of carbonyl (C=O) groups is 3. The molecule has 0 saturated heterocycles. The summed E-state index contributed by atoms with van der Waals surface area (Å²) in [5.41, 5.74) is 8.65. The van der Waals surface area contributed by atoms with Crippen molar-refractivity contribution in [3.05, 3.63) is 88.2 Å². The predicted molar refractivity (Wildman–Crippen MR) is 117 cm³/mol. The van der Waals surface area contributed by atoms with E-state index in [0.29, 0.717) is 29.0 Å². The number of ether oxygens (including phenoxy) is 1. The van der Waals surface area contributed by atoms with Crippen LogP contribution in [0, 0.1) is 13.8 Å². The molecule has 3 rings (SSSR count). The Bertz CT molecular complexity index is 1100. The van der Waals surface area contributed by atoms with E-state index in [1.165, 1.54) is 6.92 Å². The van der Waals surface area contributed by atoms with Crippen LogP contribution in [-0.2, 0) is 11.2 Å². The number of para-hydroxylation sites is 1. The maximum Gasteiger partial charge on any atom is 0.286 e. The highest BCUT2D eigenvalue weighted by molar-refractivity contribution is 6.02. The van der Waals surface area contributed by atoms with Crippen molar-refractivity contribution in [3.8, 4) is 5.75 Å². The zero-order chi connectivity index (χ0) is 22.4. The first kappa shape index (κ1) is 21.8. The normalized spacial score (nSPS) is 10.4. The molecule has 7 heteroatoms. The minimum absolute atomic E-state index is 0.128. The van der Waals surface area contributed by atoms with Crippen LogP contribution < -0.4 is 15.6 Å². The maximum absolute atomic E-state index is 12.4. The molecule has 0 aliphatic carbocycles. The van der Waals surface area contributed by atoms with Crippen LogP contribution in [0.1, 0.15) is 50.2 Å². The Morgan fingerprint density at radius 3 is 2.29 bits per heavy atom. The van der Waals surface area contributed by atoms with E-state index in [9.17, 15) is 14.4 Å². The van der Waals surface area contributed by atoms with E-state index in [4.69, 9.17) is 4.74 Å². The van der Waals surface area contributed by atoms with Crippen LogP contribution in [0.25, 0.3) is 0 Å². The monoisotopic (exact) mass is 419 g/mol. The van der Waals surface area contributed by atoms with Crippen LogP contribution in [0.5, 0.6) is 5.75 Å². The fourth-order valence-corrected chi connectivity index (χ4v) is 3.48. The van der Waals surface area contributed by atoms with E-state index in [2.05, 4.69) is 15.8 Å². The van der Waals surface area contributed by atoms with Crippen LogP contribution in [0.4, 0.5) is 0 Å². The van der Waals surface area contributed by atoms with Gasteiger partial charge in [0.05, 0.1) is 0 Å². The van der Waals surface area contributed by atoms with E-state index < -0.39 is 11.8 Å². The SMILES string of the molecule is CC(=O)c1c(C)[nH]c(C(=O)NNC(=O)COc2ccccc2Cc2ccccc2)c1C. The third kappa shape index (κ3) is 5.39. The second-order valence-corrected chi connectivity index (χ2v) is 7.24. The van der Waals surface area contributed by atoms with E-state index in [0.717, 1.165) is 11.1 Å². The van der Waals surface area contributed by atoms with Crippen LogP contribution in [0.3, 0.4) is 0 Å². The first-order chi connectivity index (χ1) is 14.9. The number of aromatic nitrogens is 1. The standard InChI is InChI=1S/C24H25N3O4/c1-15-22(17(3)28)16(2)25-23(15)24(30)27-26-21(29)14-31-20-12-8-7-11-19(20)13-18-9-5-4-6-10-18/h4-12,25H,13-14H2,1-3H3,(H,26,29)(H,27,30). The number of hydrogen-bond acceptors (Lipinski definition) is 4. The zero-order valence-corrected chi connectivity index (χ0v) is 17.7. The number of aryl methyl sites for hydroxylation is 1. The summed E-state index contributed by atoms with van der Waals surface area (Å²) in [6.45, 7) is 4.59. The largest absolute Gasteiger partial charge is 0.483 e. The molecule has 3 aromatic rings. The van der Waals surface area contributed by atoms with Gasteiger partial charge in [-0.2, -0.15) is 0 Å². The van der Waals surface area contributed by atoms with Gasteiger partial charge >= 0.3 is 0 Å². The van der Waals surface area contributed by atoms with E-state index in [1.807, 2.05) is 48.5 Å². The predicted octanol–water partition coefficient (Wildman–Crippen LogP) is 3.26. The van der Waals surface area contributed by atoms with Crippen LogP contribution in [0.2, 0.25) is 0 Å². The molecular formula is C24H25N3O4. The quantitative estimate of drug-likeness (QED) is 0.404. The first-order valence-corrected chi connectivity index (χ1v) is 9.90. The number of hydrazine groups is 1. The Morgan fingerprint density at radius 2 is 1.61 bits per heavy atom. The molecule has 0 bridgehead atoms. The van der Waals surface area contributed by atoms with E-state index in [1.54, 1.807) is 19.9 Å². The molecule has 0 aliphatic rings. The molecule has 1 aromatic heterocycles. The Morgan fingerprint density at radius 1 is 0.935 bits per heavy atom. The number of nitrogens with one attached hydrogen (secondary N) is 3. The van der Waals surface area contributed by atoms with Crippen molar-refractivity contribution < 1.29 is 19.1 Å². The Labute approximate surface area is 180 Å². The smallest absolute Gasteiger partial charge is 0.286 e.